The first-order valence-electron chi connectivity index (χ1n) is 5.88. The van der Waals surface area contributed by atoms with Crippen molar-refractivity contribution in [1.82, 2.24) is 15.0 Å². The van der Waals surface area contributed by atoms with Crippen molar-refractivity contribution in [2.24, 2.45) is 0 Å². The van der Waals surface area contributed by atoms with Gasteiger partial charge >= 0.3 is 0 Å². The normalized spacial score (nSPS) is 10.5. The number of benzene rings is 2. The highest BCUT2D eigenvalue weighted by Gasteiger charge is 2.04. The topological polar surface area (TPSA) is 30.7 Å². The summed E-state index contributed by atoms with van der Waals surface area (Å²) in [4.78, 5) is 1.65. The van der Waals surface area contributed by atoms with Crippen molar-refractivity contribution in [1.29, 1.82) is 0 Å². The van der Waals surface area contributed by atoms with Crippen molar-refractivity contribution in [3.05, 3.63) is 66.4 Å². The molecule has 0 unspecified atom stereocenters. The minimum absolute atomic E-state index is 0.885. The first kappa shape index (κ1) is 10.7. The van der Waals surface area contributed by atoms with E-state index in [4.69, 9.17) is 0 Å². The van der Waals surface area contributed by atoms with Crippen molar-refractivity contribution in [3.63, 3.8) is 0 Å². The third-order valence-corrected chi connectivity index (χ3v) is 2.83. The van der Waals surface area contributed by atoms with Crippen molar-refractivity contribution in [2.45, 2.75) is 6.92 Å². The van der Waals surface area contributed by atoms with E-state index in [0.29, 0.717) is 0 Å². The molecule has 0 amide bonds. The Bertz CT molecular complexity index is 639. The van der Waals surface area contributed by atoms with E-state index in [0.717, 1.165) is 16.9 Å². The van der Waals surface area contributed by atoms with Crippen LogP contribution in [0.2, 0.25) is 0 Å². The maximum Gasteiger partial charge on any atom is 0.113 e. The minimum Gasteiger partial charge on any atom is -0.156 e. The molecule has 1 heterocycles. The summed E-state index contributed by atoms with van der Waals surface area (Å²) in [6.07, 6.45) is 1.79. The first-order chi connectivity index (χ1) is 8.83. The fraction of sp³-hybridized carbons (Fsp3) is 0.0667. The fourth-order valence-corrected chi connectivity index (χ4v) is 1.81. The molecule has 0 spiro atoms. The quantitative estimate of drug-likeness (QED) is 0.682. The fourth-order valence-electron chi connectivity index (χ4n) is 1.81. The van der Waals surface area contributed by atoms with Crippen molar-refractivity contribution in [3.8, 4) is 16.9 Å². The van der Waals surface area contributed by atoms with Crippen LogP contribution in [0.25, 0.3) is 16.9 Å². The summed E-state index contributed by atoms with van der Waals surface area (Å²) in [5.74, 6) is 0. The average molecular weight is 235 g/mol. The van der Waals surface area contributed by atoms with Crippen LogP contribution in [0.4, 0.5) is 0 Å². The van der Waals surface area contributed by atoms with Gasteiger partial charge in [-0.3, -0.25) is 0 Å². The lowest BCUT2D eigenvalue weighted by molar-refractivity contribution is 0.753. The van der Waals surface area contributed by atoms with Crippen LogP contribution in [0, 0.1) is 6.92 Å². The van der Waals surface area contributed by atoms with Gasteiger partial charge in [0.25, 0.3) is 0 Å². The number of aryl methyl sites for hydroxylation is 1. The molecule has 0 fully saturated rings. The zero-order valence-electron chi connectivity index (χ0n) is 10.1. The van der Waals surface area contributed by atoms with E-state index in [9.17, 15) is 0 Å². The van der Waals surface area contributed by atoms with E-state index < -0.39 is 0 Å². The molecule has 2 aromatic carbocycles. The second-order valence-electron chi connectivity index (χ2n) is 4.22. The third-order valence-electron chi connectivity index (χ3n) is 2.83. The van der Waals surface area contributed by atoms with Crippen molar-refractivity contribution >= 4 is 0 Å². The highest BCUT2D eigenvalue weighted by molar-refractivity contribution is 5.57. The number of aromatic nitrogens is 3. The molecule has 18 heavy (non-hydrogen) atoms. The molecule has 0 aliphatic heterocycles. The van der Waals surface area contributed by atoms with Crippen LogP contribution in [-0.2, 0) is 0 Å². The highest BCUT2D eigenvalue weighted by atomic mass is 15.5. The molecule has 0 radical (unpaired) electrons. The summed E-state index contributed by atoms with van der Waals surface area (Å²) in [5.41, 5.74) is 4.17. The van der Waals surface area contributed by atoms with E-state index in [1.807, 2.05) is 42.5 Å². The van der Waals surface area contributed by atoms with Crippen LogP contribution < -0.4 is 0 Å². The molecule has 0 bridgehead atoms. The molecule has 3 aromatic rings. The lowest BCUT2D eigenvalue weighted by atomic mass is 10.2. The SMILES string of the molecule is Cc1ccc(-n2ncc(-c3ccccc3)n2)cc1. The van der Waals surface area contributed by atoms with E-state index in [-0.39, 0.29) is 0 Å². The van der Waals surface area contributed by atoms with Crippen LogP contribution in [0.3, 0.4) is 0 Å². The number of rotatable bonds is 2. The predicted molar refractivity (Wildman–Crippen MR) is 71.5 cm³/mol. The van der Waals surface area contributed by atoms with Crippen LogP contribution in [0.15, 0.2) is 60.8 Å². The van der Waals surface area contributed by atoms with Gasteiger partial charge < -0.3 is 0 Å². The van der Waals surface area contributed by atoms with Gasteiger partial charge in [0.15, 0.2) is 0 Å². The molecule has 0 saturated heterocycles. The van der Waals surface area contributed by atoms with E-state index >= 15 is 0 Å². The molecule has 3 heteroatoms. The van der Waals surface area contributed by atoms with Gasteiger partial charge in [-0.05, 0) is 19.1 Å². The Morgan fingerprint density at radius 3 is 2.33 bits per heavy atom. The molecule has 3 rings (SSSR count). The second-order valence-corrected chi connectivity index (χ2v) is 4.22. The van der Waals surface area contributed by atoms with Gasteiger partial charge in [0, 0.05) is 5.56 Å². The Kier molecular flexibility index (Phi) is 2.65. The lowest BCUT2D eigenvalue weighted by Crippen LogP contribution is -1.98. The standard InChI is InChI=1S/C15H13N3/c1-12-7-9-14(10-8-12)18-16-11-15(17-18)13-5-3-2-4-6-13/h2-11H,1H3. The third kappa shape index (κ3) is 2.02. The predicted octanol–water partition coefficient (Wildman–Crippen LogP) is 3.24. The molecular weight excluding hydrogens is 222 g/mol. The Morgan fingerprint density at radius 2 is 1.61 bits per heavy atom. The van der Waals surface area contributed by atoms with Crippen LogP contribution in [0.5, 0.6) is 0 Å². The maximum absolute atomic E-state index is 4.49. The molecule has 0 aliphatic rings. The van der Waals surface area contributed by atoms with E-state index in [1.54, 1.807) is 11.0 Å². The Labute approximate surface area is 106 Å². The van der Waals surface area contributed by atoms with Crippen LogP contribution in [0.1, 0.15) is 5.56 Å². The summed E-state index contributed by atoms with van der Waals surface area (Å²) in [6.45, 7) is 2.07. The molecule has 1 aromatic heterocycles. The van der Waals surface area contributed by atoms with E-state index in [1.165, 1.54) is 5.56 Å². The Hall–Kier alpha value is -2.42. The van der Waals surface area contributed by atoms with Gasteiger partial charge in [0.1, 0.15) is 5.69 Å². The molecular formula is C15H13N3. The molecule has 0 aliphatic carbocycles. The summed E-state index contributed by atoms with van der Waals surface area (Å²) in [5, 5.41) is 8.78. The summed E-state index contributed by atoms with van der Waals surface area (Å²) in [6, 6.07) is 18.2. The van der Waals surface area contributed by atoms with Gasteiger partial charge in [-0.1, -0.05) is 48.0 Å². The minimum atomic E-state index is 0.885. The maximum atomic E-state index is 4.49. The largest absolute Gasteiger partial charge is 0.156 e. The Morgan fingerprint density at radius 1 is 0.889 bits per heavy atom. The monoisotopic (exact) mass is 235 g/mol. The molecule has 0 atom stereocenters. The highest BCUT2D eigenvalue weighted by Crippen LogP contribution is 2.16. The molecule has 88 valence electrons. The number of hydrogen-bond acceptors (Lipinski definition) is 2. The summed E-state index contributed by atoms with van der Waals surface area (Å²) >= 11 is 0. The molecule has 0 saturated carbocycles. The van der Waals surface area contributed by atoms with Crippen LogP contribution >= 0.6 is 0 Å². The zero-order chi connectivity index (χ0) is 12.4. The van der Waals surface area contributed by atoms with Crippen LogP contribution in [-0.4, -0.2) is 15.0 Å². The smallest absolute Gasteiger partial charge is 0.113 e. The van der Waals surface area contributed by atoms with Gasteiger partial charge in [-0.15, -0.1) is 5.10 Å². The number of hydrogen-bond donors (Lipinski definition) is 0. The lowest BCUT2D eigenvalue weighted by Gasteiger charge is -1.99. The zero-order valence-corrected chi connectivity index (χ0v) is 10.1. The average Bonchev–Trinajstić information content (AvgIpc) is 2.90. The first-order valence-corrected chi connectivity index (χ1v) is 5.88. The summed E-state index contributed by atoms with van der Waals surface area (Å²) < 4.78 is 0. The molecule has 3 nitrogen and oxygen atoms in total. The van der Waals surface area contributed by atoms with Gasteiger partial charge in [0.2, 0.25) is 0 Å². The summed E-state index contributed by atoms with van der Waals surface area (Å²) in [7, 11) is 0. The van der Waals surface area contributed by atoms with Gasteiger partial charge in [-0.25, -0.2) is 0 Å². The number of nitrogens with zero attached hydrogens (tertiary/aromatic N) is 3. The van der Waals surface area contributed by atoms with Gasteiger partial charge in [0.05, 0.1) is 11.9 Å². The molecule has 0 N–H and O–H groups in total. The Balaban J connectivity index is 1.97. The van der Waals surface area contributed by atoms with Crippen molar-refractivity contribution < 1.29 is 0 Å². The second kappa shape index (κ2) is 4.45. The van der Waals surface area contributed by atoms with Gasteiger partial charge in [-0.2, -0.15) is 9.90 Å². The van der Waals surface area contributed by atoms with E-state index in [2.05, 4.69) is 29.3 Å². The van der Waals surface area contributed by atoms with Crippen molar-refractivity contribution in [2.75, 3.05) is 0 Å².